The molecule has 0 radical (unpaired) electrons. The lowest BCUT2D eigenvalue weighted by Gasteiger charge is -2.22. The molecule has 0 aliphatic heterocycles. The molecule has 0 fully saturated rings. The van der Waals surface area contributed by atoms with Gasteiger partial charge in [-0.3, -0.25) is 0 Å². The molecular weight excluding hydrogens is 422 g/mol. The highest BCUT2D eigenvalue weighted by Gasteiger charge is 2.16. The Balaban J connectivity index is 1.62. The summed E-state index contributed by atoms with van der Waals surface area (Å²) in [6.45, 7) is 8.17. The van der Waals surface area contributed by atoms with E-state index in [0.29, 0.717) is 26.3 Å². The molecule has 2 aromatic carbocycles. The third-order valence-corrected chi connectivity index (χ3v) is 6.10. The Labute approximate surface area is 194 Å². The molecule has 0 atom stereocenters. The third kappa shape index (κ3) is 6.80. The van der Waals surface area contributed by atoms with Crippen LogP contribution in [-0.2, 0) is 17.9 Å². The lowest BCUT2D eigenvalue weighted by molar-refractivity contribution is 0.171. The zero-order valence-electron chi connectivity index (χ0n) is 19.2. The fourth-order valence-electron chi connectivity index (χ4n) is 3.19. The molecule has 0 saturated heterocycles. The van der Waals surface area contributed by atoms with Gasteiger partial charge in [0.05, 0.1) is 12.2 Å². The first-order valence-electron chi connectivity index (χ1n) is 10.7. The van der Waals surface area contributed by atoms with Crippen molar-refractivity contribution in [1.82, 2.24) is 9.88 Å². The second-order valence-electron chi connectivity index (χ2n) is 7.78. The predicted molar refractivity (Wildman–Crippen MR) is 129 cm³/mol. The van der Waals surface area contributed by atoms with Gasteiger partial charge in [-0.2, -0.15) is 0 Å². The van der Waals surface area contributed by atoms with Crippen molar-refractivity contribution in [2.24, 2.45) is 0 Å². The number of amides is 2. The molecule has 3 rings (SSSR count). The molecule has 0 unspecified atom stereocenters. The Morgan fingerprint density at radius 1 is 1.12 bits per heavy atom. The highest BCUT2D eigenvalue weighted by Crippen LogP contribution is 2.23. The SMILES string of the molecule is COCCCN(Cc1csc(COc2cccc(C)c2C)n1)C(=O)Nc1ccc(C)cc1. The number of nitrogens with one attached hydrogen (secondary N) is 1. The average Bonchev–Trinajstić information content (AvgIpc) is 3.23. The molecule has 1 N–H and O–H groups in total. The maximum atomic E-state index is 12.9. The first kappa shape index (κ1) is 23.8. The molecule has 32 heavy (non-hydrogen) atoms. The fourth-order valence-corrected chi connectivity index (χ4v) is 3.89. The van der Waals surface area contributed by atoms with Gasteiger partial charge in [-0.15, -0.1) is 11.3 Å². The molecular formula is C25H31N3O3S. The van der Waals surface area contributed by atoms with Crippen LogP contribution >= 0.6 is 11.3 Å². The van der Waals surface area contributed by atoms with Crippen LogP contribution in [0.4, 0.5) is 10.5 Å². The quantitative estimate of drug-likeness (QED) is 0.399. The molecule has 0 aliphatic rings. The molecule has 1 aromatic heterocycles. The second kappa shape index (κ2) is 11.6. The number of carbonyl (C=O) groups is 1. The van der Waals surface area contributed by atoms with Crippen LogP contribution in [0.25, 0.3) is 0 Å². The Morgan fingerprint density at radius 3 is 2.66 bits per heavy atom. The molecule has 3 aromatic rings. The summed E-state index contributed by atoms with van der Waals surface area (Å²) in [6.07, 6.45) is 0.755. The largest absolute Gasteiger partial charge is 0.486 e. The van der Waals surface area contributed by atoms with E-state index >= 15 is 0 Å². The van der Waals surface area contributed by atoms with Gasteiger partial charge in [0.25, 0.3) is 0 Å². The van der Waals surface area contributed by atoms with Gasteiger partial charge in [-0.1, -0.05) is 29.8 Å². The number of aryl methyl sites for hydroxylation is 2. The molecule has 0 spiro atoms. The number of thiazole rings is 1. The fraction of sp³-hybridized carbons (Fsp3) is 0.360. The van der Waals surface area contributed by atoms with E-state index in [2.05, 4.69) is 30.2 Å². The lowest BCUT2D eigenvalue weighted by atomic mass is 10.1. The minimum atomic E-state index is -0.147. The predicted octanol–water partition coefficient (Wildman–Crippen LogP) is 5.72. The minimum absolute atomic E-state index is 0.147. The van der Waals surface area contributed by atoms with Crippen molar-refractivity contribution in [3.63, 3.8) is 0 Å². The van der Waals surface area contributed by atoms with E-state index in [1.165, 1.54) is 5.56 Å². The number of nitrogens with zero attached hydrogens (tertiary/aromatic N) is 2. The number of benzene rings is 2. The summed E-state index contributed by atoms with van der Waals surface area (Å²) in [6, 6.07) is 13.7. The van der Waals surface area contributed by atoms with Crippen molar-refractivity contribution in [2.75, 3.05) is 25.6 Å². The van der Waals surface area contributed by atoms with E-state index in [4.69, 9.17) is 9.47 Å². The summed E-state index contributed by atoms with van der Waals surface area (Å²) < 4.78 is 11.1. The smallest absolute Gasteiger partial charge is 0.322 e. The summed E-state index contributed by atoms with van der Waals surface area (Å²) in [5.74, 6) is 0.875. The maximum absolute atomic E-state index is 12.9. The molecule has 2 amide bonds. The van der Waals surface area contributed by atoms with Crippen LogP contribution in [-0.4, -0.2) is 36.2 Å². The summed E-state index contributed by atoms with van der Waals surface area (Å²) in [4.78, 5) is 19.4. The second-order valence-corrected chi connectivity index (χ2v) is 8.73. The van der Waals surface area contributed by atoms with Gasteiger partial charge in [-0.25, -0.2) is 9.78 Å². The first-order valence-corrected chi connectivity index (χ1v) is 11.6. The van der Waals surface area contributed by atoms with Crippen molar-refractivity contribution in [1.29, 1.82) is 0 Å². The van der Waals surface area contributed by atoms with Gasteiger partial charge < -0.3 is 19.7 Å². The number of urea groups is 1. The molecule has 170 valence electrons. The number of rotatable bonds is 10. The number of carbonyl (C=O) groups excluding carboxylic acids is 1. The topological polar surface area (TPSA) is 63.7 Å². The molecule has 0 aliphatic carbocycles. The van der Waals surface area contributed by atoms with E-state index in [0.717, 1.165) is 39.7 Å². The van der Waals surface area contributed by atoms with Gasteiger partial charge in [0, 0.05) is 31.3 Å². The Bertz CT molecular complexity index is 1020. The van der Waals surface area contributed by atoms with Crippen molar-refractivity contribution >= 4 is 23.1 Å². The van der Waals surface area contributed by atoms with Gasteiger partial charge in [0.2, 0.25) is 0 Å². The van der Waals surface area contributed by atoms with E-state index in [1.54, 1.807) is 23.3 Å². The van der Waals surface area contributed by atoms with Crippen LogP contribution in [0, 0.1) is 20.8 Å². The number of hydrogen-bond acceptors (Lipinski definition) is 5. The first-order chi connectivity index (χ1) is 15.5. The third-order valence-electron chi connectivity index (χ3n) is 5.22. The molecule has 0 saturated carbocycles. The molecule has 1 heterocycles. The highest BCUT2D eigenvalue weighted by atomic mass is 32.1. The number of hydrogen-bond donors (Lipinski definition) is 1. The van der Waals surface area contributed by atoms with Crippen LogP contribution < -0.4 is 10.1 Å². The molecule has 6 nitrogen and oxygen atoms in total. The number of ether oxygens (including phenoxy) is 2. The Kier molecular flexibility index (Phi) is 8.64. The van der Waals surface area contributed by atoms with E-state index < -0.39 is 0 Å². The normalized spacial score (nSPS) is 10.8. The van der Waals surface area contributed by atoms with E-state index in [1.807, 2.05) is 48.7 Å². The zero-order valence-corrected chi connectivity index (χ0v) is 20.0. The number of aromatic nitrogens is 1. The van der Waals surface area contributed by atoms with Gasteiger partial charge >= 0.3 is 6.03 Å². The van der Waals surface area contributed by atoms with Crippen LogP contribution in [0.2, 0.25) is 0 Å². The minimum Gasteiger partial charge on any atom is -0.486 e. The zero-order chi connectivity index (χ0) is 22.9. The standard InChI is InChI=1S/C25H31N3O3S/c1-18-9-11-21(12-10-18)27-25(29)28(13-6-14-30-4)15-22-17-32-24(26-22)16-31-23-8-5-7-19(2)20(23)3/h5,7-12,17H,6,13-16H2,1-4H3,(H,27,29). The van der Waals surface area contributed by atoms with E-state index in [-0.39, 0.29) is 6.03 Å². The molecule has 0 bridgehead atoms. The van der Waals surface area contributed by atoms with Crippen molar-refractivity contribution in [3.05, 3.63) is 75.2 Å². The van der Waals surface area contributed by atoms with Crippen molar-refractivity contribution in [3.8, 4) is 5.75 Å². The van der Waals surface area contributed by atoms with E-state index in [9.17, 15) is 4.79 Å². The summed E-state index contributed by atoms with van der Waals surface area (Å²) in [7, 11) is 1.67. The monoisotopic (exact) mass is 453 g/mol. The van der Waals surface area contributed by atoms with Gasteiger partial charge in [0.15, 0.2) is 0 Å². The van der Waals surface area contributed by atoms with Crippen molar-refractivity contribution < 1.29 is 14.3 Å². The Morgan fingerprint density at radius 2 is 1.91 bits per heavy atom. The van der Waals surface area contributed by atoms with Crippen LogP contribution in [0.15, 0.2) is 47.8 Å². The Hall–Kier alpha value is -2.90. The van der Waals surface area contributed by atoms with Crippen LogP contribution in [0.1, 0.15) is 33.8 Å². The van der Waals surface area contributed by atoms with Gasteiger partial charge in [-0.05, 0) is 56.5 Å². The highest BCUT2D eigenvalue weighted by molar-refractivity contribution is 7.09. The van der Waals surface area contributed by atoms with Gasteiger partial charge in [0.1, 0.15) is 17.4 Å². The molecule has 7 heteroatoms. The number of methoxy groups -OCH3 is 1. The van der Waals surface area contributed by atoms with Crippen LogP contribution in [0.5, 0.6) is 5.75 Å². The number of anilines is 1. The summed E-state index contributed by atoms with van der Waals surface area (Å²) in [5, 5.41) is 5.85. The van der Waals surface area contributed by atoms with Crippen LogP contribution in [0.3, 0.4) is 0 Å². The van der Waals surface area contributed by atoms with Crippen molar-refractivity contribution in [2.45, 2.75) is 40.3 Å². The average molecular weight is 454 g/mol. The summed E-state index contributed by atoms with van der Waals surface area (Å²) in [5.41, 5.74) is 5.12. The summed E-state index contributed by atoms with van der Waals surface area (Å²) >= 11 is 1.55. The lowest BCUT2D eigenvalue weighted by Crippen LogP contribution is -2.35. The maximum Gasteiger partial charge on any atom is 0.322 e.